The summed E-state index contributed by atoms with van der Waals surface area (Å²) in [5.41, 5.74) is 2.78. The highest BCUT2D eigenvalue weighted by molar-refractivity contribution is 5.89. The van der Waals surface area contributed by atoms with Gasteiger partial charge in [-0.25, -0.2) is 0 Å². The minimum absolute atomic E-state index is 0.0381. The summed E-state index contributed by atoms with van der Waals surface area (Å²) in [6, 6.07) is 5.61. The molecule has 1 spiro atoms. The Hall–Kier alpha value is -2.62. The van der Waals surface area contributed by atoms with E-state index in [9.17, 15) is 14.7 Å². The number of aliphatic hydroxyl groups is 1. The van der Waals surface area contributed by atoms with Gasteiger partial charge in [-0.1, -0.05) is 6.92 Å². The van der Waals surface area contributed by atoms with Gasteiger partial charge in [0.1, 0.15) is 5.75 Å². The number of aliphatic hydroxyl groups excluding tert-OH is 1. The van der Waals surface area contributed by atoms with Gasteiger partial charge in [0, 0.05) is 67.2 Å². The van der Waals surface area contributed by atoms with Crippen molar-refractivity contribution in [1.82, 2.24) is 19.7 Å². The molecule has 190 valence electrons. The first kappa shape index (κ1) is 24.1. The summed E-state index contributed by atoms with van der Waals surface area (Å²) in [6.07, 6.45) is 1.94. The molecule has 1 atom stereocenters. The number of aromatic amines is 1. The van der Waals surface area contributed by atoms with Gasteiger partial charge >= 0.3 is 0 Å². The molecule has 0 saturated carbocycles. The molecule has 2 amide bonds. The number of ether oxygens (including phenoxy) is 2. The zero-order valence-corrected chi connectivity index (χ0v) is 20.7. The molecule has 9 heteroatoms. The molecule has 2 aromatic rings. The number of nitrogens with zero attached hydrogens (tertiary/aromatic N) is 3. The Morgan fingerprint density at radius 2 is 1.91 bits per heavy atom. The minimum Gasteiger partial charge on any atom is -0.497 e. The number of carbonyl (C=O) groups excluding carboxylic acids is 2. The van der Waals surface area contributed by atoms with Crippen molar-refractivity contribution in [1.29, 1.82) is 0 Å². The van der Waals surface area contributed by atoms with Gasteiger partial charge in [0.25, 0.3) is 0 Å². The van der Waals surface area contributed by atoms with E-state index < -0.39 is 6.04 Å². The van der Waals surface area contributed by atoms with Gasteiger partial charge in [0.15, 0.2) is 0 Å². The van der Waals surface area contributed by atoms with Crippen molar-refractivity contribution < 1.29 is 24.2 Å². The van der Waals surface area contributed by atoms with Crippen LogP contribution in [0.3, 0.4) is 0 Å². The number of nitrogens with one attached hydrogen (secondary N) is 1. The topological polar surface area (TPSA) is 98.3 Å². The lowest BCUT2D eigenvalue weighted by molar-refractivity contribution is -0.139. The van der Waals surface area contributed by atoms with Crippen LogP contribution in [-0.2, 0) is 19.7 Å². The van der Waals surface area contributed by atoms with Gasteiger partial charge < -0.3 is 29.4 Å². The zero-order chi connectivity index (χ0) is 24.6. The molecule has 1 aromatic heterocycles. The monoisotopic (exact) mass is 484 g/mol. The number of morpholine rings is 1. The van der Waals surface area contributed by atoms with E-state index in [1.807, 2.05) is 28.9 Å². The zero-order valence-electron chi connectivity index (χ0n) is 20.7. The van der Waals surface area contributed by atoms with Crippen molar-refractivity contribution in [2.24, 2.45) is 0 Å². The normalized spacial score (nSPS) is 22.4. The van der Waals surface area contributed by atoms with Gasteiger partial charge in [-0.05, 0) is 30.5 Å². The average molecular weight is 485 g/mol. The van der Waals surface area contributed by atoms with Gasteiger partial charge in [-0.15, -0.1) is 0 Å². The van der Waals surface area contributed by atoms with Crippen molar-refractivity contribution in [3.8, 4) is 5.75 Å². The third-order valence-electron chi connectivity index (χ3n) is 8.08. The predicted octanol–water partition coefficient (Wildman–Crippen LogP) is 1.65. The van der Waals surface area contributed by atoms with E-state index in [1.54, 1.807) is 7.11 Å². The third-order valence-corrected chi connectivity index (χ3v) is 8.08. The van der Waals surface area contributed by atoms with Crippen LogP contribution in [0.1, 0.15) is 43.5 Å². The summed E-state index contributed by atoms with van der Waals surface area (Å²) >= 11 is 0. The average Bonchev–Trinajstić information content (AvgIpc) is 3.28. The minimum atomic E-state index is -0.401. The van der Waals surface area contributed by atoms with Crippen LogP contribution in [0, 0.1) is 0 Å². The number of benzene rings is 1. The number of hydrogen-bond acceptors (Lipinski definition) is 6. The SMILES string of the molecule is CCC(=O)N1CC2(CCN(C(=O)CN3CCOCC3)CC2)c2c([nH]c3cc(OC)ccc23)[C@@H]1CO. The van der Waals surface area contributed by atoms with E-state index in [1.165, 1.54) is 5.56 Å². The Bertz CT molecular complexity index is 1080. The highest BCUT2D eigenvalue weighted by Gasteiger charge is 2.48. The van der Waals surface area contributed by atoms with Crippen LogP contribution < -0.4 is 4.74 Å². The van der Waals surface area contributed by atoms with E-state index in [-0.39, 0.29) is 23.8 Å². The number of hydrogen-bond donors (Lipinski definition) is 2. The Balaban J connectivity index is 1.46. The van der Waals surface area contributed by atoms with Gasteiger partial charge in [0.05, 0.1) is 39.5 Å². The first-order chi connectivity index (χ1) is 17.0. The molecule has 1 aromatic carbocycles. The highest BCUT2D eigenvalue weighted by Crippen LogP contribution is 2.49. The van der Waals surface area contributed by atoms with Crippen LogP contribution in [0.25, 0.3) is 10.9 Å². The number of amides is 2. The Labute approximate surface area is 205 Å². The first-order valence-electron chi connectivity index (χ1n) is 12.7. The third kappa shape index (κ3) is 4.30. The van der Waals surface area contributed by atoms with E-state index >= 15 is 0 Å². The maximum absolute atomic E-state index is 13.1. The van der Waals surface area contributed by atoms with Gasteiger partial charge in [-0.2, -0.15) is 0 Å². The van der Waals surface area contributed by atoms with Crippen LogP contribution >= 0.6 is 0 Å². The highest BCUT2D eigenvalue weighted by atomic mass is 16.5. The van der Waals surface area contributed by atoms with Gasteiger partial charge in [0.2, 0.25) is 11.8 Å². The molecule has 0 radical (unpaired) electrons. The summed E-state index contributed by atoms with van der Waals surface area (Å²) in [5.74, 6) is 0.961. The van der Waals surface area contributed by atoms with Crippen molar-refractivity contribution in [2.75, 3.05) is 66.2 Å². The van der Waals surface area contributed by atoms with E-state index in [4.69, 9.17) is 9.47 Å². The second kappa shape index (κ2) is 9.79. The molecule has 3 aliphatic rings. The molecule has 2 saturated heterocycles. The lowest BCUT2D eigenvalue weighted by Gasteiger charge is -2.50. The number of aromatic nitrogens is 1. The molecule has 2 fully saturated rings. The maximum Gasteiger partial charge on any atom is 0.236 e. The Kier molecular flexibility index (Phi) is 6.74. The predicted molar refractivity (Wildman–Crippen MR) is 131 cm³/mol. The largest absolute Gasteiger partial charge is 0.497 e. The fourth-order valence-corrected chi connectivity index (χ4v) is 6.11. The molecule has 2 N–H and O–H groups in total. The number of rotatable bonds is 5. The van der Waals surface area contributed by atoms with E-state index in [0.29, 0.717) is 45.8 Å². The number of fused-ring (bicyclic) bond motifs is 4. The fourth-order valence-electron chi connectivity index (χ4n) is 6.11. The van der Waals surface area contributed by atoms with Crippen LogP contribution in [0.4, 0.5) is 0 Å². The van der Waals surface area contributed by atoms with Crippen LogP contribution in [0.5, 0.6) is 5.75 Å². The lowest BCUT2D eigenvalue weighted by Crippen LogP contribution is -2.56. The van der Waals surface area contributed by atoms with Crippen molar-refractivity contribution in [3.05, 3.63) is 29.5 Å². The van der Waals surface area contributed by atoms with Crippen LogP contribution in [0.2, 0.25) is 0 Å². The van der Waals surface area contributed by atoms with E-state index in [0.717, 1.165) is 48.3 Å². The summed E-state index contributed by atoms with van der Waals surface area (Å²) < 4.78 is 10.8. The number of carbonyl (C=O) groups is 2. The summed E-state index contributed by atoms with van der Waals surface area (Å²) in [5, 5.41) is 11.4. The molecule has 0 unspecified atom stereocenters. The number of likely N-dealkylation sites (tertiary alicyclic amines) is 1. The second-order valence-electron chi connectivity index (χ2n) is 9.95. The smallest absolute Gasteiger partial charge is 0.236 e. The maximum atomic E-state index is 13.1. The molecule has 35 heavy (non-hydrogen) atoms. The fraction of sp³-hybridized carbons (Fsp3) is 0.615. The molecule has 5 rings (SSSR count). The molecule has 9 nitrogen and oxygen atoms in total. The molecule has 0 bridgehead atoms. The summed E-state index contributed by atoms with van der Waals surface area (Å²) in [7, 11) is 1.65. The number of methoxy groups -OCH3 is 1. The Morgan fingerprint density at radius 1 is 1.17 bits per heavy atom. The lowest BCUT2D eigenvalue weighted by atomic mass is 9.68. The van der Waals surface area contributed by atoms with Crippen LogP contribution in [0.15, 0.2) is 18.2 Å². The summed E-state index contributed by atoms with van der Waals surface area (Å²) in [6.45, 7) is 6.97. The standard InChI is InChI=1S/C26H36N4O5/c1-3-22(32)30-17-26(6-8-29(9-7-26)23(33)15-28-10-12-35-13-11-28)24-19-5-4-18(34-2)14-20(19)27-25(24)21(30)16-31/h4-5,14,21,27,31H,3,6-13,15-17H2,1-2H3/t21-/m0/s1. The Morgan fingerprint density at radius 3 is 2.57 bits per heavy atom. The molecule has 0 aliphatic carbocycles. The van der Waals surface area contributed by atoms with E-state index in [2.05, 4.69) is 16.0 Å². The second-order valence-corrected chi connectivity index (χ2v) is 9.95. The van der Waals surface area contributed by atoms with Gasteiger partial charge in [-0.3, -0.25) is 14.5 Å². The van der Waals surface area contributed by atoms with Crippen molar-refractivity contribution >= 4 is 22.7 Å². The van der Waals surface area contributed by atoms with Crippen molar-refractivity contribution in [2.45, 2.75) is 37.6 Å². The quantitative estimate of drug-likeness (QED) is 0.670. The molecule has 4 heterocycles. The number of piperidine rings is 1. The van der Waals surface area contributed by atoms with Crippen molar-refractivity contribution in [3.63, 3.8) is 0 Å². The number of H-pyrrole nitrogens is 1. The first-order valence-corrected chi connectivity index (χ1v) is 12.7. The molecule has 3 aliphatic heterocycles. The molecular formula is C26H36N4O5. The summed E-state index contributed by atoms with van der Waals surface area (Å²) in [4.78, 5) is 35.6. The molecular weight excluding hydrogens is 448 g/mol. The van der Waals surface area contributed by atoms with Crippen LogP contribution in [-0.4, -0.2) is 103 Å².